The second kappa shape index (κ2) is 5.66. The van der Waals surface area contributed by atoms with E-state index in [1.54, 1.807) is 30.3 Å². The summed E-state index contributed by atoms with van der Waals surface area (Å²) in [4.78, 5) is 4.16. The van der Waals surface area contributed by atoms with E-state index in [0.29, 0.717) is 15.8 Å². The van der Waals surface area contributed by atoms with E-state index in [0.717, 1.165) is 22.1 Å². The van der Waals surface area contributed by atoms with Gasteiger partial charge in [-0.25, -0.2) is 14.1 Å². The van der Waals surface area contributed by atoms with Gasteiger partial charge in [-0.15, -0.1) is 0 Å². The van der Waals surface area contributed by atoms with Crippen LogP contribution < -0.4 is 0 Å². The maximum atomic E-state index is 13.4. The quantitative estimate of drug-likeness (QED) is 0.452. The first-order chi connectivity index (χ1) is 11.9. The normalized spacial score (nSPS) is 12.0. The van der Waals surface area contributed by atoms with Gasteiger partial charge in [-0.2, -0.15) is 18.3 Å². The first kappa shape index (κ1) is 15.8. The largest absolute Gasteiger partial charge is 0.433 e. The van der Waals surface area contributed by atoms with E-state index in [1.165, 1.54) is 18.2 Å². The Balaban J connectivity index is 1.91. The van der Waals surface area contributed by atoms with Crippen LogP contribution in [0.2, 0.25) is 0 Å². The molecule has 0 aliphatic carbocycles. The number of benzene rings is 2. The molecular weight excluding hydrogens is 354 g/mol. The number of nitrogens with zero attached hydrogens (tertiary/aromatic N) is 3. The zero-order chi connectivity index (χ0) is 17.6. The van der Waals surface area contributed by atoms with Crippen LogP contribution in [0.25, 0.3) is 26.6 Å². The van der Waals surface area contributed by atoms with Crippen molar-refractivity contribution in [1.82, 2.24) is 14.8 Å². The number of fused-ring (bicyclic) bond motifs is 1. The third-order valence-electron chi connectivity index (χ3n) is 3.59. The van der Waals surface area contributed by atoms with Crippen molar-refractivity contribution in [3.05, 3.63) is 66.1 Å². The fraction of sp³-hybridized carbons (Fsp3) is 0.0588. The summed E-state index contributed by atoms with van der Waals surface area (Å²) in [5.74, 6) is -0.468. The van der Waals surface area contributed by atoms with Crippen molar-refractivity contribution < 1.29 is 17.6 Å². The Kier molecular flexibility index (Phi) is 3.57. The summed E-state index contributed by atoms with van der Waals surface area (Å²) in [6.07, 6.45) is -4.59. The van der Waals surface area contributed by atoms with Gasteiger partial charge in [-0.3, -0.25) is 0 Å². The highest BCUT2D eigenvalue weighted by Gasteiger charge is 2.37. The first-order valence-electron chi connectivity index (χ1n) is 7.21. The summed E-state index contributed by atoms with van der Waals surface area (Å²) < 4.78 is 54.9. The maximum absolute atomic E-state index is 13.4. The van der Waals surface area contributed by atoms with Crippen molar-refractivity contribution in [1.29, 1.82) is 0 Å². The molecule has 3 nitrogen and oxygen atoms in total. The Morgan fingerprint density at radius 2 is 1.72 bits per heavy atom. The summed E-state index contributed by atoms with van der Waals surface area (Å²) in [5.41, 5.74) is 0.259. The molecule has 4 aromatic rings. The molecule has 8 heteroatoms. The average molecular weight is 363 g/mol. The molecule has 0 amide bonds. The molecule has 0 unspecified atom stereocenters. The van der Waals surface area contributed by atoms with Crippen molar-refractivity contribution in [2.45, 2.75) is 6.18 Å². The molecule has 0 N–H and O–H groups in total. The van der Waals surface area contributed by atoms with E-state index in [2.05, 4.69) is 10.1 Å². The summed E-state index contributed by atoms with van der Waals surface area (Å²) >= 11 is 0.953. The van der Waals surface area contributed by atoms with Gasteiger partial charge >= 0.3 is 6.18 Å². The molecular formula is C17H9F4N3S. The fourth-order valence-electron chi connectivity index (χ4n) is 2.46. The Morgan fingerprint density at radius 1 is 0.960 bits per heavy atom. The van der Waals surface area contributed by atoms with Crippen LogP contribution in [0.3, 0.4) is 0 Å². The molecule has 0 radical (unpaired) electrons. The highest BCUT2D eigenvalue weighted by molar-refractivity contribution is 7.20. The molecule has 4 rings (SSSR count). The molecule has 0 fully saturated rings. The predicted molar refractivity (Wildman–Crippen MR) is 87.1 cm³/mol. The third kappa shape index (κ3) is 2.89. The van der Waals surface area contributed by atoms with Crippen LogP contribution in [0.5, 0.6) is 0 Å². The van der Waals surface area contributed by atoms with Crippen molar-refractivity contribution in [3.63, 3.8) is 0 Å². The Bertz CT molecular complexity index is 1050. The summed E-state index contributed by atoms with van der Waals surface area (Å²) in [5, 5.41) is 4.12. The molecule has 0 saturated carbocycles. The molecule has 126 valence electrons. The van der Waals surface area contributed by atoms with Crippen LogP contribution >= 0.6 is 11.3 Å². The van der Waals surface area contributed by atoms with Crippen molar-refractivity contribution in [3.8, 4) is 16.4 Å². The highest BCUT2D eigenvalue weighted by Crippen LogP contribution is 2.36. The first-order valence-corrected chi connectivity index (χ1v) is 8.02. The fourth-order valence-corrected chi connectivity index (χ4v) is 3.41. The minimum Gasteiger partial charge on any atom is -0.218 e. The second-order valence-electron chi connectivity index (χ2n) is 5.30. The summed E-state index contributed by atoms with van der Waals surface area (Å²) in [7, 11) is 0. The van der Waals surface area contributed by atoms with Crippen LogP contribution in [0, 0.1) is 5.82 Å². The van der Waals surface area contributed by atoms with Gasteiger partial charge in [0.1, 0.15) is 5.82 Å². The Labute approximate surface area is 143 Å². The molecule has 2 aromatic carbocycles. The van der Waals surface area contributed by atoms with E-state index in [4.69, 9.17) is 0 Å². The van der Waals surface area contributed by atoms with Gasteiger partial charge in [-0.1, -0.05) is 41.7 Å². The van der Waals surface area contributed by atoms with Crippen molar-refractivity contribution >= 4 is 21.6 Å². The zero-order valence-corrected chi connectivity index (χ0v) is 13.3. The standard InChI is InChI=1S/C17H9F4N3S/c18-11-6-7-12-14(8-11)25-16(22-12)24-15(17(19,20)21)9-13(23-24)10-4-2-1-3-5-10/h1-9H. The van der Waals surface area contributed by atoms with E-state index >= 15 is 0 Å². The Hall–Kier alpha value is -2.74. The molecule has 2 heterocycles. The summed E-state index contributed by atoms with van der Waals surface area (Å²) in [6, 6.07) is 13.5. The third-order valence-corrected chi connectivity index (χ3v) is 4.58. The number of hydrogen-bond acceptors (Lipinski definition) is 3. The van der Waals surface area contributed by atoms with Gasteiger partial charge in [0.25, 0.3) is 0 Å². The van der Waals surface area contributed by atoms with E-state index in [-0.39, 0.29) is 10.8 Å². The number of halogens is 4. The lowest BCUT2D eigenvalue weighted by atomic mass is 10.1. The number of hydrogen-bond donors (Lipinski definition) is 0. The molecule has 0 bridgehead atoms. The van der Waals surface area contributed by atoms with Crippen LogP contribution in [0.1, 0.15) is 5.69 Å². The topological polar surface area (TPSA) is 30.7 Å². The van der Waals surface area contributed by atoms with Gasteiger partial charge in [0.05, 0.1) is 15.9 Å². The number of rotatable bonds is 2. The zero-order valence-electron chi connectivity index (χ0n) is 12.5. The van der Waals surface area contributed by atoms with Crippen LogP contribution in [0.4, 0.5) is 17.6 Å². The average Bonchev–Trinajstić information content (AvgIpc) is 3.18. The van der Waals surface area contributed by atoms with Gasteiger partial charge in [0.2, 0.25) is 5.13 Å². The van der Waals surface area contributed by atoms with Gasteiger partial charge in [0, 0.05) is 5.56 Å². The smallest absolute Gasteiger partial charge is 0.218 e. The van der Waals surface area contributed by atoms with Gasteiger partial charge in [-0.05, 0) is 24.3 Å². The molecule has 2 aromatic heterocycles. The molecule has 0 aliphatic heterocycles. The Morgan fingerprint density at radius 3 is 2.44 bits per heavy atom. The lowest BCUT2D eigenvalue weighted by Gasteiger charge is -2.06. The van der Waals surface area contributed by atoms with Crippen molar-refractivity contribution in [2.75, 3.05) is 0 Å². The molecule has 0 saturated heterocycles. The monoisotopic (exact) mass is 363 g/mol. The SMILES string of the molecule is Fc1ccc2nc(-n3nc(-c4ccccc4)cc3C(F)(F)F)sc2c1. The number of thiazole rings is 1. The minimum absolute atomic E-state index is 0.0371. The van der Waals surface area contributed by atoms with Gasteiger partial charge < -0.3 is 0 Å². The highest BCUT2D eigenvalue weighted by atomic mass is 32.1. The molecule has 0 aliphatic rings. The maximum Gasteiger partial charge on any atom is 0.433 e. The predicted octanol–water partition coefficient (Wildman–Crippen LogP) is 5.31. The lowest BCUT2D eigenvalue weighted by Crippen LogP contribution is -2.12. The number of aromatic nitrogens is 3. The van der Waals surface area contributed by atoms with E-state index < -0.39 is 17.7 Å². The second-order valence-corrected chi connectivity index (χ2v) is 6.31. The molecule has 25 heavy (non-hydrogen) atoms. The summed E-state index contributed by atoms with van der Waals surface area (Å²) in [6.45, 7) is 0. The molecule has 0 atom stereocenters. The van der Waals surface area contributed by atoms with Crippen LogP contribution in [0.15, 0.2) is 54.6 Å². The minimum atomic E-state index is -4.59. The van der Waals surface area contributed by atoms with E-state index in [1.807, 2.05) is 0 Å². The van der Waals surface area contributed by atoms with Crippen molar-refractivity contribution in [2.24, 2.45) is 0 Å². The molecule has 0 spiro atoms. The van der Waals surface area contributed by atoms with Crippen LogP contribution in [-0.2, 0) is 6.18 Å². The van der Waals surface area contributed by atoms with E-state index in [9.17, 15) is 17.6 Å². The lowest BCUT2D eigenvalue weighted by molar-refractivity contribution is -0.142. The van der Waals surface area contributed by atoms with Gasteiger partial charge in [0.15, 0.2) is 5.69 Å². The number of alkyl halides is 3. The van der Waals surface area contributed by atoms with Crippen LogP contribution in [-0.4, -0.2) is 14.8 Å².